The molecule has 6 nitrogen and oxygen atoms in total. The van der Waals surface area contributed by atoms with Crippen LogP contribution in [-0.2, 0) is 14.8 Å². The van der Waals surface area contributed by atoms with Crippen molar-refractivity contribution < 1.29 is 17.9 Å². The standard InChI is InChI=1S/C18H28N2O4S/c1-4-19(15-16(2)3)9-14-24-17-5-7-18(8-6-17)25(21,22)20-10-12-23-13-11-20/h5-8H,2,4,9-15H2,1,3H3. The number of hydrogen-bond acceptors (Lipinski definition) is 5. The highest BCUT2D eigenvalue weighted by Gasteiger charge is 2.26. The van der Waals surface area contributed by atoms with Gasteiger partial charge in [0.2, 0.25) is 10.0 Å². The number of ether oxygens (including phenoxy) is 2. The topological polar surface area (TPSA) is 59.1 Å². The summed E-state index contributed by atoms with van der Waals surface area (Å²) in [5.41, 5.74) is 1.12. The number of sulfonamides is 1. The summed E-state index contributed by atoms with van der Waals surface area (Å²) in [4.78, 5) is 2.54. The van der Waals surface area contributed by atoms with Gasteiger partial charge in [-0.1, -0.05) is 19.1 Å². The van der Waals surface area contributed by atoms with Crippen molar-refractivity contribution >= 4 is 10.0 Å². The smallest absolute Gasteiger partial charge is 0.243 e. The van der Waals surface area contributed by atoms with Gasteiger partial charge in [0.05, 0.1) is 18.1 Å². The molecule has 1 heterocycles. The lowest BCUT2D eigenvalue weighted by Crippen LogP contribution is -2.40. The number of benzene rings is 1. The van der Waals surface area contributed by atoms with Crippen LogP contribution in [0.1, 0.15) is 13.8 Å². The van der Waals surface area contributed by atoms with Crippen molar-refractivity contribution in [1.82, 2.24) is 9.21 Å². The molecule has 0 unspecified atom stereocenters. The predicted molar refractivity (Wildman–Crippen MR) is 98.4 cm³/mol. The molecular weight excluding hydrogens is 340 g/mol. The van der Waals surface area contributed by atoms with Crippen molar-refractivity contribution in [1.29, 1.82) is 0 Å². The highest BCUT2D eigenvalue weighted by Crippen LogP contribution is 2.20. The van der Waals surface area contributed by atoms with E-state index >= 15 is 0 Å². The Morgan fingerprint density at radius 2 is 1.92 bits per heavy atom. The number of morpholine rings is 1. The predicted octanol–water partition coefficient (Wildman–Crippen LogP) is 1.98. The summed E-state index contributed by atoms with van der Waals surface area (Å²) in [7, 11) is -3.45. The average molecular weight is 368 g/mol. The lowest BCUT2D eigenvalue weighted by molar-refractivity contribution is 0.0730. The molecule has 0 saturated carbocycles. The number of likely N-dealkylation sites (N-methyl/N-ethyl adjacent to an activating group) is 1. The van der Waals surface area contributed by atoms with Crippen LogP contribution in [0.15, 0.2) is 41.3 Å². The van der Waals surface area contributed by atoms with E-state index in [0.717, 1.165) is 25.2 Å². The third-order valence-electron chi connectivity index (χ3n) is 4.05. The van der Waals surface area contributed by atoms with E-state index in [9.17, 15) is 8.42 Å². The van der Waals surface area contributed by atoms with Crippen molar-refractivity contribution in [3.8, 4) is 5.75 Å². The number of rotatable bonds is 9. The van der Waals surface area contributed by atoms with E-state index in [4.69, 9.17) is 9.47 Å². The first kappa shape index (κ1) is 19.9. The first-order valence-electron chi connectivity index (χ1n) is 8.61. The van der Waals surface area contributed by atoms with Gasteiger partial charge in [-0.05, 0) is 37.7 Å². The zero-order chi connectivity index (χ0) is 18.3. The van der Waals surface area contributed by atoms with Crippen LogP contribution in [0, 0.1) is 0 Å². The zero-order valence-corrected chi connectivity index (χ0v) is 15.9. The molecular formula is C18H28N2O4S. The van der Waals surface area contributed by atoms with Crippen LogP contribution in [0.3, 0.4) is 0 Å². The Labute approximate surface area is 151 Å². The Kier molecular flexibility index (Phi) is 7.43. The second kappa shape index (κ2) is 9.33. The molecule has 0 spiro atoms. The Hall–Kier alpha value is -1.41. The summed E-state index contributed by atoms with van der Waals surface area (Å²) >= 11 is 0. The maximum atomic E-state index is 12.6. The van der Waals surface area contributed by atoms with Gasteiger partial charge < -0.3 is 9.47 Å². The van der Waals surface area contributed by atoms with E-state index in [1.807, 2.05) is 6.92 Å². The molecule has 0 N–H and O–H groups in total. The van der Waals surface area contributed by atoms with Crippen molar-refractivity contribution in [3.05, 3.63) is 36.4 Å². The molecule has 1 aromatic rings. The van der Waals surface area contributed by atoms with Crippen LogP contribution in [0.2, 0.25) is 0 Å². The molecule has 0 bridgehead atoms. The van der Waals surface area contributed by atoms with Crippen LogP contribution in [0.25, 0.3) is 0 Å². The molecule has 1 saturated heterocycles. The molecule has 1 aliphatic heterocycles. The van der Waals surface area contributed by atoms with Crippen molar-refractivity contribution in [3.63, 3.8) is 0 Å². The van der Waals surface area contributed by atoms with Gasteiger partial charge >= 0.3 is 0 Å². The molecule has 0 aromatic heterocycles. The van der Waals surface area contributed by atoms with Crippen molar-refractivity contribution in [2.75, 3.05) is 52.5 Å². The van der Waals surface area contributed by atoms with Crippen molar-refractivity contribution in [2.45, 2.75) is 18.7 Å². The Morgan fingerprint density at radius 3 is 2.48 bits per heavy atom. The van der Waals surface area contributed by atoms with Gasteiger partial charge in [-0.25, -0.2) is 8.42 Å². The monoisotopic (exact) mass is 368 g/mol. The summed E-state index contributed by atoms with van der Waals surface area (Å²) in [5.74, 6) is 0.673. The highest BCUT2D eigenvalue weighted by molar-refractivity contribution is 7.89. The van der Waals surface area contributed by atoms with Crippen LogP contribution < -0.4 is 4.74 Å². The van der Waals surface area contributed by atoms with E-state index in [1.54, 1.807) is 24.3 Å². The first-order valence-corrected chi connectivity index (χ1v) is 10.0. The van der Waals surface area contributed by atoms with E-state index in [0.29, 0.717) is 43.6 Å². The molecule has 7 heteroatoms. The minimum atomic E-state index is -3.45. The quantitative estimate of drug-likeness (QED) is 0.624. The van der Waals surface area contributed by atoms with E-state index in [-0.39, 0.29) is 0 Å². The van der Waals surface area contributed by atoms with Crippen LogP contribution in [0.5, 0.6) is 5.75 Å². The lowest BCUT2D eigenvalue weighted by atomic mass is 10.3. The summed E-state index contributed by atoms with van der Waals surface area (Å²) < 4.78 is 37.5. The zero-order valence-electron chi connectivity index (χ0n) is 15.1. The van der Waals surface area contributed by atoms with Gasteiger partial charge in [-0.2, -0.15) is 4.31 Å². The largest absolute Gasteiger partial charge is 0.492 e. The molecule has 0 radical (unpaired) electrons. The molecule has 0 aliphatic carbocycles. The van der Waals surface area contributed by atoms with Crippen LogP contribution in [-0.4, -0.2) is 70.2 Å². The van der Waals surface area contributed by atoms with Crippen LogP contribution >= 0.6 is 0 Å². The fourth-order valence-electron chi connectivity index (χ4n) is 2.67. The van der Waals surface area contributed by atoms with Gasteiger partial charge in [-0.15, -0.1) is 0 Å². The molecule has 1 aromatic carbocycles. The SMILES string of the molecule is C=C(C)CN(CC)CCOc1ccc(S(=O)(=O)N2CCOCC2)cc1. The Morgan fingerprint density at radius 1 is 1.28 bits per heavy atom. The van der Waals surface area contributed by atoms with Gasteiger partial charge in [-0.3, -0.25) is 4.90 Å². The third-order valence-corrected chi connectivity index (χ3v) is 5.96. The van der Waals surface area contributed by atoms with Gasteiger partial charge in [0.15, 0.2) is 0 Å². The van der Waals surface area contributed by atoms with Gasteiger partial charge in [0, 0.05) is 26.2 Å². The van der Waals surface area contributed by atoms with Crippen LogP contribution in [0.4, 0.5) is 0 Å². The van der Waals surface area contributed by atoms with Crippen molar-refractivity contribution in [2.24, 2.45) is 0 Å². The number of nitrogens with zero attached hydrogens (tertiary/aromatic N) is 2. The van der Waals surface area contributed by atoms with E-state index < -0.39 is 10.0 Å². The molecule has 0 amide bonds. The fraction of sp³-hybridized carbons (Fsp3) is 0.556. The lowest BCUT2D eigenvalue weighted by Gasteiger charge is -2.26. The van der Waals surface area contributed by atoms with E-state index in [1.165, 1.54) is 4.31 Å². The summed E-state index contributed by atoms with van der Waals surface area (Å²) in [5, 5.41) is 0. The van der Waals surface area contributed by atoms with Gasteiger partial charge in [0.1, 0.15) is 12.4 Å². The molecule has 25 heavy (non-hydrogen) atoms. The summed E-state index contributed by atoms with van der Waals surface area (Å²) in [6.07, 6.45) is 0. The first-order chi connectivity index (χ1) is 11.9. The molecule has 1 aliphatic rings. The third kappa shape index (κ3) is 5.81. The Balaban J connectivity index is 1.90. The average Bonchev–Trinajstić information content (AvgIpc) is 2.61. The second-order valence-electron chi connectivity index (χ2n) is 6.16. The summed E-state index contributed by atoms with van der Waals surface area (Å²) in [6, 6.07) is 6.63. The molecule has 0 atom stereocenters. The maximum absolute atomic E-state index is 12.6. The fourth-order valence-corrected chi connectivity index (χ4v) is 4.08. The summed E-state index contributed by atoms with van der Waals surface area (Å²) in [6.45, 7) is 12.9. The maximum Gasteiger partial charge on any atom is 0.243 e. The van der Waals surface area contributed by atoms with E-state index in [2.05, 4.69) is 18.4 Å². The minimum absolute atomic E-state index is 0.291. The normalized spacial score (nSPS) is 16.1. The van der Waals surface area contributed by atoms with Gasteiger partial charge in [0.25, 0.3) is 0 Å². The second-order valence-corrected chi connectivity index (χ2v) is 8.10. The highest BCUT2D eigenvalue weighted by atomic mass is 32.2. The molecule has 2 rings (SSSR count). The molecule has 1 fully saturated rings. The number of hydrogen-bond donors (Lipinski definition) is 0. The molecule has 140 valence electrons. The Bertz CT molecular complexity index is 652. The minimum Gasteiger partial charge on any atom is -0.492 e.